The summed E-state index contributed by atoms with van der Waals surface area (Å²) in [5.41, 5.74) is 0.530. The van der Waals surface area contributed by atoms with E-state index >= 15 is 0 Å². The van der Waals surface area contributed by atoms with Crippen LogP contribution in [0.2, 0.25) is 0 Å². The molecule has 1 aliphatic heterocycles. The van der Waals surface area contributed by atoms with Crippen LogP contribution < -0.4 is 5.69 Å². The standard InChI is InChI=1S/C13H13BrN4O3/c14-10-5-4-9(7-11(10)18(20)21)8-17-13(19)16-6-2-1-3-12(16)15-17/h4-5,7H,1-3,6,8H2. The van der Waals surface area contributed by atoms with Crippen LogP contribution in [0.1, 0.15) is 24.2 Å². The van der Waals surface area contributed by atoms with Crippen molar-refractivity contribution in [1.29, 1.82) is 0 Å². The average molecular weight is 353 g/mol. The van der Waals surface area contributed by atoms with E-state index in [-0.39, 0.29) is 17.9 Å². The first-order valence-corrected chi connectivity index (χ1v) is 7.45. The van der Waals surface area contributed by atoms with Gasteiger partial charge in [0, 0.05) is 19.0 Å². The number of halogens is 1. The molecule has 2 heterocycles. The fourth-order valence-corrected chi connectivity index (χ4v) is 2.91. The van der Waals surface area contributed by atoms with Crippen LogP contribution in [0, 0.1) is 10.1 Å². The molecule has 0 saturated carbocycles. The first-order chi connectivity index (χ1) is 10.1. The van der Waals surface area contributed by atoms with Gasteiger partial charge in [-0.1, -0.05) is 6.07 Å². The molecule has 0 radical (unpaired) electrons. The van der Waals surface area contributed by atoms with E-state index in [0.717, 1.165) is 25.1 Å². The van der Waals surface area contributed by atoms with Crippen LogP contribution in [0.3, 0.4) is 0 Å². The number of aromatic nitrogens is 3. The second-order valence-corrected chi connectivity index (χ2v) is 5.86. The maximum absolute atomic E-state index is 12.2. The molecule has 0 bridgehead atoms. The summed E-state index contributed by atoms with van der Waals surface area (Å²) < 4.78 is 3.50. The fraction of sp³-hybridized carbons (Fsp3) is 0.385. The normalized spacial score (nSPS) is 14.0. The number of nitro groups is 1. The summed E-state index contributed by atoms with van der Waals surface area (Å²) in [6.45, 7) is 0.946. The quantitative estimate of drug-likeness (QED) is 0.625. The number of benzene rings is 1. The van der Waals surface area contributed by atoms with Crippen LogP contribution >= 0.6 is 15.9 Å². The maximum atomic E-state index is 12.2. The summed E-state index contributed by atoms with van der Waals surface area (Å²) in [4.78, 5) is 22.7. The third-order valence-corrected chi connectivity index (χ3v) is 4.24. The van der Waals surface area contributed by atoms with Gasteiger partial charge in [0.25, 0.3) is 5.69 Å². The highest BCUT2D eigenvalue weighted by molar-refractivity contribution is 9.10. The third kappa shape index (κ3) is 2.63. The molecule has 110 valence electrons. The van der Waals surface area contributed by atoms with Crippen molar-refractivity contribution < 1.29 is 4.92 Å². The third-order valence-electron chi connectivity index (χ3n) is 3.57. The number of rotatable bonds is 3. The Morgan fingerprint density at radius 3 is 2.90 bits per heavy atom. The number of nitrogens with zero attached hydrogens (tertiary/aromatic N) is 4. The van der Waals surface area contributed by atoms with E-state index < -0.39 is 4.92 Å². The van der Waals surface area contributed by atoms with Crippen molar-refractivity contribution in [3.05, 3.63) is 54.7 Å². The Hall–Kier alpha value is -1.96. The Morgan fingerprint density at radius 1 is 1.38 bits per heavy atom. The van der Waals surface area contributed by atoms with Crippen LogP contribution in [0.5, 0.6) is 0 Å². The average Bonchev–Trinajstić information content (AvgIpc) is 2.78. The number of hydrogen-bond donors (Lipinski definition) is 0. The molecule has 2 aromatic rings. The van der Waals surface area contributed by atoms with Crippen LogP contribution in [0.4, 0.5) is 5.69 Å². The van der Waals surface area contributed by atoms with Gasteiger partial charge in [-0.15, -0.1) is 0 Å². The number of fused-ring (bicyclic) bond motifs is 1. The summed E-state index contributed by atoms with van der Waals surface area (Å²) in [6.07, 6.45) is 2.84. The Labute approximate surface area is 128 Å². The van der Waals surface area contributed by atoms with Crippen LogP contribution in [-0.2, 0) is 19.5 Å². The highest BCUT2D eigenvalue weighted by Crippen LogP contribution is 2.25. The van der Waals surface area contributed by atoms with Gasteiger partial charge in [-0.05, 0) is 40.4 Å². The van der Waals surface area contributed by atoms with Gasteiger partial charge in [-0.25, -0.2) is 9.48 Å². The Kier molecular flexibility index (Phi) is 3.62. The molecule has 0 aliphatic carbocycles. The molecule has 0 saturated heterocycles. The smallest absolute Gasteiger partial charge is 0.279 e. The zero-order chi connectivity index (χ0) is 15.0. The molecule has 7 nitrogen and oxygen atoms in total. The minimum absolute atomic E-state index is 0.00970. The van der Waals surface area contributed by atoms with Crippen LogP contribution in [0.15, 0.2) is 27.5 Å². The van der Waals surface area contributed by atoms with E-state index in [2.05, 4.69) is 21.0 Å². The largest absolute Gasteiger partial charge is 0.346 e. The highest BCUT2D eigenvalue weighted by atomic mass is 79.9. The number of hydrogen-bond acceptors (Lipinski definition) is 4. The van der Waals surface area contributed by atoms with Gasteiger partial charge in [0.1, 0.15) is 5.82 Å². The molecular weight excluding hydrogens is 340 g/mol. The molecule has 0 atom stereocenters. The zero-order valence-electron chi connectivity index (χ0n) is 11.2. The summed E-state index contributed by atoms with van der Waals surface area (Å²) in [5.74, 6) is 0.804. The summed E-state index contributed by atoms with van der Waals surface area (Å²) in [6, 6.07) is 4.84. The molecule has 8 heteroatoms. The second-order valence-electron chi connectivity index (χ2n) is 5.01. The molecule has 0 unspecified atom stereocenters. The van der Waals surface area contributed by atoms with Gasteiger partial charge in [0.15, 0.2) is 0 Å². The van der Waals surface area contributed by atoms with E-state index in [1.165, 1.54) is 10.7 Å². The fourth-order valence-electron chi connectivity index (χ4n) is 2.52. The summed E-state index contributed by atoms with van der Waals surface area (Å²) in [5, 5.41) is 15.3. The molecule has 3 rings (SSSR count). The lowest BCUT2D eigenvalue weighted by molar-refractivity contribution is -0.385. The van der Waals surface area contributed by atoms with E-state index in [4.69, 9.17) is 0 Å². The van der Waals surface area contributed by atoms with Gasteiger partial charge in [0.2, 0.25) is 0 Å². The monoisotopic (exact) mass is 352 g/mol. The van der Waals surface area contributed by atoms with Crippen molar-refractivity contribution in [2.24, 2.45) is 0 Å². The van der Waals surface area contributed by atoms with Crippen molar-refractivity contribution in [3.63, 3.8) is 0 Å². The van der Waals surface area contributed by atoms with Crippen molar-refractivity contribution >= 4 is 21.6 Å². The van der Waals surface area contributed by atoms with E-state index in [0.29, 0.717) is 16.6 Å². The predicted octanol–water partition coefficient (Wildman–Crippen LogP) is 2.10. The Balaban J connectivity index is 1.94. The first kappa shape index (κ1) is 14.0. The highest BCUT2D eigenvalue weighted by Gasteiger charge is 2.18. The van der Waals surface area contributed by atoms with Crippen LogP contribution in [-0.4, -0.2) is 19.3 Å². The van der Waals surface area contributed by atoms with Gasteiger partial charge < -0.3 is 0 Å². The molecule has 0 amide bonds. The first-order valence-electron chi connectivity index (χ1n) is 6.65. The minimum Gasteiger partial charge on any atom is -0.279 e. The molecule has 1 aromatic heterocycles. The molecule has 1 aromatic carbocycles. The second kappa shape index (κ2) is 5.44. The van der Waals surface area contributed by atoms with Crippen LogP contribution in [0.25, 0.3) is 0 Å². The van der Waals surface area contributed by atoms with E-state index in [1.54, 1.807) is 16.7 Å². The van der Waals surface area contributed by atoms with E-state index in [9.17, 15) is 14.9 Å². The van der Waals surface area contributed by atoms with Gasteiger partial charge in [0.05, 0.1) is 15.9 Å². The Morgan fingerprint density at radius 2 is 2.19 bits per heavy atom. The number of nitro benzene ring substituents is 1. The van der Waals surface area contributed by atoms with Gasteiger partial charge in [-0.3, -0.25) is 14.7 Å². The zero-order valence-corrected chi connectivity index (χ0v) is 12.7. The van der Waals surface area contributed by atoms with Gasteiger partial charge in [-0.2, -0.15) is 5.10 Å². The predicted molar refractivity (Wildman–Crippen MR) is 79.3 cm³/mol. The van der Waals surface area contributed by atoms with E-state index in [1.807, 2.05) is 0 Å². The maximum Gasteiger partial charge on any atom is 0.346 e. The minimum atomic E-state index is -0.450. The van der Waals surface area contributed by atoms with Crippen molar-refractivity contribution in [2.75, 3.05) is 0 Å². The topological polar surface area (TPSA) is 83.0 Å². The molecule has 0 fully saturated rings. The lowest BCUT2D eigenvalue weighted by Gasteiger charge is -2.09. The molecule has 1 aliphatic rings. The molecule has 21 heavy (non-hydrogen) atoms. The molecular formula is C13H13BrN4O3. The molecule has 0 N–H and O–H groups in total. The van der Waals surface area contributed by atoms with Gasteiger partial charge >= 0.3 is 5.69 Å². The summed E-state index contributed by atoms with van der Waals surface area (Å²) in [7, 11) is 0. The lowest BCUT2D eigenvalue weighted by atomic mass is 10.2. The Bertz CT molecular complexity index is 765. The van der Waals surface area contributed by atoms with Crippen molar-refractivity contribution in [3.8, 4) is 0 Å². The lowest BCUT2D eigenvalue weighted by Crippen LogP contribution is -2.27. The summed E-state index contributed by atoms with van der Waals surface area (Å²) >= 11 is 3.15. The van der Waals surface area contributed by atoms with Crippen molar-refractivity contribution in [1.82, 2.24) is 14.3 Å². The molecule has 0 spiro atoms. The number of aryl methyl sites for hydroxylation is 1. The SMILES string of the molecule is O=c1n(Cc2ccc(Br)c([N+](=O)[O-])c2)nc2n1CCCC2. The van der Waals surface area contributed by atoms with Crippen molar-refractivity contribution in [2.45, 2.75) is 32.4 Å².